The zero-order valence-electron chi connectivity index (χ0n) is 10.2. The molecule has 1 aliphatic heterocycles. The Morgan fingerprint density at radius 3 is 2.89 bits per heavy atom. The first kappa shape index (κ1) is 12.7. The standard InChI is InChI=1S/C11H14N4O3S/c1-2-5-7(16)8(17)11(18-5)15-4-14-6-9(15)12-3-13-10(6)19/h3-5,7-8,11,16-17H,2H2,1H3,(H,12,13,19)/t5-,7-,8-,11-/m1/s1. The number of ether oxygens (including phenoxy) is 1. The van der Waals surface area contributed by atoms with Gasteiger partial charge in [-0.2, -0.15) is 0 Å². The van der Waals surface area contributed by atoms with Gasteiger partial charge in [-0.25, -0.2) is 9.97 Å². The van der Waals surface area contributed by atoms with Crippen LogP contribution in [0.4, 0.5) is 0 Å². The number of aliphatic hydroxyl groups excluding tert-OH is 2. The molecule has 19 heavy (non-hydrogen) atoms. The maximum Gasteiger partial charge on any atom is 0.165 e. The fraction of sp³-hybridized carbons (Fsp3) is 0.545. The molecule has 2 aromatic rings. The largest absolute Gasteiger partial charge is 0.388 e. The van der Waals surface area contributed by atoms with Crippen LogP contribution in [-0.2, 0) is 4.74 Å². The van der Waals surface area contributed by atoms with E-state index in [4.69, 9.17) is 17.0 Å². The number of imidazole rings is 1. The SMILES string of the molecule is CC[C@H]1O[C@@H](n2cnc3c(=S)nc[nH]c32)[C@H](O)[C@@H]1O. The zero-order valence-corrected chi connectivity index (χ0v) is 11.0. The van der Waals surface area contributed by atoms with E-state index in [-0.39, 0.29) is 6.10 Å². The first-order valence-electron chi connectivity index (χ1n) is 6.05. The highest BCUT2D eigenvalue weighted by atomic mass is 32.1. The number of rotatable bonds is 2. The van der Waals surface area contributed by atoms with E-state index in [1.807, 2.05) is 6.92 Å². The van der Waals surface area contributed by atoms with Gasteiger partial charge in [-0.15, -0.1) is 0 Å². The van der Waals surface area contributed by atoms with Gasteiger partial charge in [-0.05, 0) is 6.42 Å². The quantitative estimate of drug-likeness (QED) is 0.695. The van der Waals surface area contributed by atoms with Crippen molar-refractivity contribution in [2.24, 2.45) is 0 Å². The molecule has 3 N–H and O–H groups in total. The van der Waals surface area contributed by atoms with E-state index in [2.05, 4.69) is 15.0 Å². The van der Waals surface area contributed by atoms with Crippen molar-refractivity contribution in [1.29, 1.82) is 0 Å². The highest BCUT2D eigenvalue weighted by Gasteiger charge is 2.43. The summed E-state index contributed by atoms with van der Waals surface area (Å²) in [6.45, 7) is 1.90. The molecule has 8 heteroatoms. The van der Waals surface area contributed by atoms with E-state index >= 15 is 0 Å². The number of nitrogens with zero attached hydrogens (tertiary/aromatic N) is 3. The second-order valence-electron chi connectivity index (χ2n) is 4.51. The monoisotopic (exact) mass is 282 g/mol. The first-order chi connectivity index (χ1) is 9.13. The topological polar surface area (TPSA) is 96.2 Å². The van der Waals surface area contributed by atoms with Crippen LogP contribution < -0.4 is 0 Å². The smallest absolute Gasteiger partial charge is 0.165 e. The van der Waals surface area contributed by atoms with Crippen molar-refractivity contribution >= 4 is 23.4 Å². The normalized spacial score (nSPS) is 31.1. The average Bonchev–Trinajstić information content (AvgIpc) is 2.94. The number of aliphatic hydroxyl groups is 2. The van der Waals surface area contributed by atoms with Gasteiger partial charge in [0.25, 0.3) is 0 Å². The number of aromatic nitrogens is 4. The summed E-state index contributed by atoms with van der Waals surface area (Å²) in [7, 11) is 0. The molecule has 1 fully saturated rings. The number of nitrogens with one attached hydrogen (secondary N) is 1. The second-order valence-corrected chi connectivity index (χ2v) is 4.90. The van der Waals surface area contributed by atoms with Crippen molar-refractivity contribution in [2.75, 3.05) is 0 Å². The van der Waals surface area contributed by atoms with Crippen LogP contribution in [-0.4, -0.2) is 48.0 Å². The van der Waals surface area contributed by atoms with Gasteiger partial charge in [0.15, 0.2) is 10.9 Å². The van der Waals surface area contributed by atoms with Crippen molar-refractivity contribution in [3.05, 3.63) is 17.3 Å². The third kappa shape index (κ3) is 1.88. The highest BCUT2D eigenvalue weighted by Crippen LogP contribution is 2.32. The van der Waals surface area contributed by atoms with Crippen LogP contribution in [0.25, 0.3) is 11.2 Å². The Bertz CT molecular complexity index is 655. The maximum atomic E-state index is 10.1. The number of aromatic amines is 1. The van der Waals surface area contributed by atoms with Crippen molar-refractivity contribution in [3.63, 3.8) is 0 Å². The van der Waals surface area contributed by atoms with E-state index in [1.165, 1.54) is 12.7 Å². The Labute approximate surface area is 113 Å². The molecule has 0 aliphatic carbocycles. The molecule has 1 aliphatic rings. The van der Waals surface area contributed by atoms with E-state index in [1.54, 1.807) is 4.57 Å². The average molecular weight is 282 g/mol. The molecule has 102 valence electrons. The molecule has 4 atom stereocenters. The minimum Gasteiger partial charge on any atom is -0.388 e. The summed E-state index contributed by atoms with van der Waals surface area (Å²) in [5, 5.41) is 20.0. The molecule has 3 rings (SSSR count). The molecule has 0 radical (unpaired) electrons. The van der Waals surface area contributed by atoms with Gasteiger partial charge in [0.05, 0.1) is 18.8 Å². The van der Waals surface area contributed by atoms with Gasteiger partial charge >= 0.3 is 0 Å². The lowest BCUT2D eigenvalue weighted by molar-refractivity contribution is -0.0355. The fourth-order valence-corrected chi connectivity index (χ4v) is 2.57. The molecular formula is C11H14N4O3S. The van der Waals surface area contributed by atoms with Gasteiger partial charge in [0, 0.05) is 0 Å². The minimum absolute atomic E-state index is 0.382. The van der Waals surface area contributed by atoms with E-state index < -0.39 is 18.4 Å². The van der Waals surface area contributed by atoms with Gasteiger partial charge in [0.1, 0.15) is 23.4 Å². The lowest BCUT2D eigenvalue weighted by Gasteiger charge is -2.16. The Morgan fingerprint density at radius 2 is 2.21 bits per heavy atom. The van der Waals surface area contributed by atoms with Crippen molar-refractivity contribution < 1.29 is 14.9 Å². The first-order valence-corrected chi connectivity index (χ1v) is 6.46. The fourth-order valence-electron chi connectivity index (χ4n) is 2.36. The summed E-state index contributed by atoms with van der Waals surface area (Å²) >= 11 is 5.08. The summed E-state index contributed by atoms with van der Waals surface area (Å²) in [6.07, 6.45) is 0.642. The lowest BCUT2D eigenvalue weighted by atomic mass is 10.1. The zero-order chi connectivity index (χ0) is 13.6. The highest BCUT2D eigenvalue weighted by molar-refractivity contribution is 7.71. The molecule has 0 aromatic carbocycles. The van der Waals surface area contributed by atoms with Gasteiger partial charge < -0.3 is 19.9 Å². The summed E-state index contributed by atoms with van der Waals surface area (Å²) < 4.78 is 7.69. The van der Waals surface area contributed by atoms with Crippen molar-refractivity contribution in [1.82, 2.24) is 19.5 Å². The van der Waals surface area contributed by atoms with Gasteiger partial charge in [0.2, 0.25) is 0 Å². The molecule has 1 saturated heterocycles. The number of fused-ring (bicyclic) bond motifs is 1. The minimum atomic E-state index is -1.00. The Kier molecular flexibility index (Phi) is 3.09. The van der Waals surface area contributed by atoms with Crippen LogP contribution in [0.5, 0.6) is 0 Å². The Balaban J connectivity index is 2.06. The predicted molar refractivity (Wildman–Crippen MR) is 68.9 cm³/mol. The number of hydrogen-bond donors (Lipinski definition) is 3. The van der Waals surface area contributed by atoms with Crippen LogP contribution in [0.2, 0.25) is 0 Å². The van der Waals surface area contributed by atoms with Gasteiger partial charge in [-0.1, -0.05) is 19.1 Å². The predicted octanol–water partition coefficient (Wildman–Crippen LogP) is 0.518. The van der Waals surface area contributed by atoms with Gasteiger partial charge in [-0.3, -0.25) is 4.57 Å². The molecule has 3 heterocycles. The maximum absolute atomic E-state index is 10.1. The lowest BCUT2D eigenvalue weighted by Crippen LogP contribution is -2.31. The van der Waals surface area contributed by atoms with Crippen LogP contribution in [0.1, 0.15) is 19.6 Å². The molecule has 0 spiro atoms. The van der Waals surface area contributed by atoms with E-state index in [9.17, 15) is 10.2 Å². The van der Waals surface area contributed by atoms with Crippen molar-refractivity contribution in [2.45, 2.75) is 37.9 Å². The third-order valence-corrected chi connectivity index (χ3v) is 3.69. The number of H-pyrrole nitrogens is 1. The Hall–Kier alpha value is -1.35. The molecule has 0 bridgehead atoms. The van der Waals surface area contributed by atoms with Crippen molar-refractivity contribution in [3.8, 4) is 0 Å². The molecule has 2 aromatic heterocycles. The summed E-state index contributed by atoms with van der Waals surface area (Å²) in [5.74, 6) is 0. The molecule has 0 amide bonds. The van der Waals surface area contributed by atoms with Crippen LogP contribution >= 0.6 is 12.2 Å². The molecular weight excluding hydrogens is 268 g/mol. The van der Waals surface area contributed by atoms with E-state index in [0.29, 0.717) is 22.2 Å². The molecule has 7 nitrogen and oxygen atoms in total. The summed E-state index contributed by atoms with van der Waals surface area (Å²) in [6, 6.07) is 0. The van der Waals surface area contributed by atoms with Crippen LogP contribution in [0.15, 0.2) is 12.7 Å². The molecule has 0 saturated carbocycles. The second kappa shape index (κ2) is 4.64. The van der Waals surface area contributed by atoms with Crippen LogP contribution in [0.3, 0.4) is 0 Å². The summed E-state index contributed by atoms with van der Waals surface area (Å²) in [4.78, 5) is 11.0. The summed E-state index contributed by atoms with van der Waals surface area (Å²) in [5.41, 5.74) is 1.16. The Morgan fingerprint density at radius 1 is 1.42 bits per heavy atom. The third-order valence-electron chi connectivity index (χ3n) is 3.39. The molecule has 0 unspecified atom stereocenters. The number of hydrogen-bond acceptors (Lipinski definition) is 6. The van der Waals surface area contributed by atoms with E-state index in [0.717, 1.165) is 0 Å². The van der Waals surface area contributed by atoms with Crippen LogP contribution in [0, 0.1) is 4.64 Å².